The van der Waals surface area contributed by atoms with Crippen molar-refractivity contribution in [3.8, 4) is 0 Å². The fourth-order valence-electron chi connectivity index (χ4n) is 1.89. The average Bonchev–Trinajstić information content (AvgIpc) is 2.41. The van der Waals surface area contributed by atoms with Gasteiger partial charge in [-0.1, -0.05) is 0 Å². The Kier molecular flexibility index (Phi) is 6.63. The third kappa shape index (κ3) is 4.37. The van der Waals surface area contributed by atoms with Crippen LogP contribution in [0.4, 0.5) is 0 Å². The molecule has 1 saturated heterocycles. The van der Waals surface area contributed by atoms with Crippen molar-refractivity contribution in [1.29, 1.82) is 0 Å². The number of carbonyl (C=O) groups excluding carboxylic acids is 1. The van der Waals surface area contributed by atoms with E-state index in [1.807, 2.05) is 0 Å². The Morgan fingerprint density at radius 3 is 2.26 bits per heavy atom. The molecule has 5 unspecified atom stereocenters. The monoisotopic (exact) mass is 279 g/mol. The molecule has 8 heteroatoms. The van der Waals surface area contributed by atoms with Gasteiger partial charge in [-0.25, -0.2) is 0 Å². The Morgan fingerprint density at radius 1 is 1.05 bits per heavy atom. The summed E-state index contributed by atoms with van der Waals surface area (Å²) in [6, 6.07) is 0. The van der Waals surface area contributed by atoms with Gasteiger partial charge in [-0.3, -0.25) is 4.79 Å². The molecule has 0 saturated carbocycles. The summed E-state index contributed by atoms with van der Waals surface area (Å²) in [5.74, 6) is -0.314. The fraction of sp³-hybridized carbons (Fsp3) is 0.909. The summed E-state index contributed by atoms with van der Waals surface area (Å²) in [4.78, 5) is 11.3. The number of rotatable bonds is 6. The molecule has 1 fully saturated rings. The molecular formula is C11H21NO7. The fourth-order valence-corrected chi connectivity index (χ4v) is 1.89. The number of nitrogens with one attached hydrogen (secondary N) is 1. The summed E-state index contributed by atoms with van der Waals surface area (Å²) >= 11 is 0. The highest BCUT2D eigenvalue weighted by Crippen LogP contribution is 2.20. The van der Waals surface area contributed by atoms with Crippen LogP contribution in [0.25, 0.3) is 0 Å². The summed E-state index contributed by atoms with van der Waals surface area (Å²) in [5.41, 5.74) is 0. The first kappa shape index (κ1) is 16.3. The third-order valence-electron chi connectivity index (χ3n) is 3.05. The second-order valence-corrected chi connectivity index (χ2v) is 4.50. The molecule has 0 radical (unpaired) electrons. The molecule has 0 aliphatic carbocycles. The number of aliphatic hydroxyl groups is 5. The summed E-state index contributed by atoms with van der Waals surface area (Å²) < 4.78 is 5.21. The molecule has 112 valence electrons. The number of aliphatic hydroxyl groups excluding tert-OH is 5. The Bertz CT molecular complexity index is 286. The minimum absolute atomic E-state index is 0.0499. The predicted molar refractivity (Wildman–Crippen MR) is 63.1 cm³/mol. The molecule has 19 heavy (non-hydrogen) atoms. The third-order valence-corrected chi connectivity index (χ3v) is 3.05. The lowest BCUT2D eigenvalue weighted by molar-refractivity contribution is -0.227. The molecule has 0 spiro atoms. The lowest BCUT2D eigenvalue weighted by Gasteiger charge is -2.40. The molecule has 1 rings (SSSR count). The quantitative estimate of drug-likeness (QED) is 0.299. The van der Waals surface area contributed by atoms with E-state index in [2.05, 4.69) is 5.32 Å². The van der Waals surface area contributed by atoms with Crippen molar-refractivity contribution in [2.24, 2.45) is 0 Å². The van der Waals surface area contributed by atoms with Crippen LogP contribution in [-0.4, -0.2) is 81.7 Å². The molecular weight excluding hydrogens is 258 g/mol. The van der Waals surface area contributed by atoms with Crippen molar-refractivity contribution in [1.82, 2.24) is 5.32 Å². The maximum atomic E-state index is 11.3. The number of hydrogen-bond donors (Lipinski definition) is 6. The van der Waals surface area contributed by atoms with Crippen LogP contribution >= 0.6 is 0 Å². The van der Waals surface area contributed by atoms with Gasteiger partial charge in [-0.2, -0.15) is 0 Å². The molecule has 1 aliphatic rings. The van der Waals surface area contributed by atoms with Crippen LogP contribution in [0.1, 0.15) is 12.8 Å². The van der Waals surface area contributed by atoms with E-state index >= 15 is 0 Å². The molecule has 5 atom stereocenters. The van der Waals surface area contributed by atoms with E-state index in [1.54, 1.807) is 0 Å². The van der Waals surface area contributed by atoms with E-state index < -0.39 is 37.1 Å². The first-order chi connectivity index (χ1) is 9.01. The SMILES string of the molecule is O=C(CCCO)NCC1OC(CO)C(O)C(O)C1O. The maximum absolute atomic E-state index is 11.3. The number of ether oxygens (including phenoxy) is 1. The van der Waals surface area contributed by atoms with Gasteiger partial charge >= 0.3 is 0 Å². The van der Waals surface area contributed by atoms with Crippen LogP contribution < -0.4 is 5.32 Å². The van der Waals surface area contributed by atoms with Crippen LogP contribution in [0, 0.1) is 0 Å². The Morgan fingerprint density at radius 2 is 1.68 bits per heavy atom. The van der Waals surface area contributed by atoms with Gasteiger partial charge in [0, 0.05) is 19.6 Å². The molecule has 1 heterocycles. The minimum atomic E-state index is -1.44. The number of carbonyl (C=O) groups is 1. The molecule has 6 N–H and O–H groups in total. The predicted octanol–water partition coefficient (Wildman–Crippen LogP) is -3.28. The zero-order valence-electron chi connectivity index (χ0n) is 10.5. The second kappa shape index (κ2) is 7.73. The van der Waals surface area contributed by atoms with Gasteiger partial charge in [0.1, 0.15) is 30.5 Å². The van der Waals surface area contributed by atoms with Crippen LogP contribution in [0.15, 0.2) is 0 Å². The van der Waals surface area contributed by atoms with Gasteiger partial charge in [0.25, 0.3) is 0 Å². The number of hydrogen-bond acceptors (Lipinski definition) is 7. The Labute approximate surface area is 110 Å². The lowest BCUT2D eigenvalue weighted by atomic mass is 9.95. The summed E-state index contributed by atoms with van der Waals surface area (Å²) in [6.45, 7) is -0.640. The van der Waals surface area contributed by atoms with Crippen molar-refractivity contribution in [2.75, 3.05) is 19.8 Å². The normalized spacial score (nSPS) is 35.1. The van der Waals surface area contributed by atoms with Gasteiger partial charge < -0.3 is 35.6 Å². The minimum Gasteiger partial charge on any atom is -0.396 e. The highest BCUT2D eigenvalue weighted by molar-refractivity contribution is 5.75. The van der Waals surface area contributed by atoms with Crippen molar-refractivity contribution in [3.63, 3.8) is 0 Å². The zero-order chi connectivity index (χ0) is 14.4. The van der Waals surface area contributed by atoms with Gasteiger partial charge in [0.2, 0.25) is 5.91 Å². The zero-order valence-corrected chi connectivity index (χ0v) is 10.5. The van der Waals surface area contributed by atoms with E-state index in [-0.39, 0.29) is 25.5 Å². The molecule has 0 bridgehead atoms. The lowest BCUT2D eigenvalue weighted by Crippen LogP contribution is -2.60. The molecule has 1 amide bonds. The Hall–Kier alpha value is -0.770. The summed E-state index contributed by atoms with van der Waals surface area (Å²) in [5, 5.41) is 48.8. The van der Waals surface area contributed by atoms with Crippen LogP contribution in [0.2, 0.25) is 0 Å². The van der Waals surface area contributed by atoms with E-state index in [4.69, 9.17) is 14.9 Å². The van der Waals surface area contributed by atoms with Gasteiger partial charge in [-0.15, -0.1) is 0 Å². The van der Waals surface area contributed by atoms with Crippen molar-refractivity contribution >= 4 is 5.91 Å². The highest BCUT2D eigenvalue weighted by Gasteiger charge is 2.43. The summed E-state index contributed by atoms with van der Waals surface area (Å²) in [6.07, 6.45) is -5.59. The standard InChI is InChI=1S/C11H21NO7/c13-3-1-2-8(15)12-4-6-9(16)11(18)10(17)7(5-14)19-6/h6-7,9-11,13-14,16-18H,1-5H2,(H,12,15). The first-order valence-corrected chi connectivity index (χ1v) is 6.19. The maximum Gasteiger partial charge on any atom is 0.220 e. The topological polar surface area (TPSA) is 139 Å². The van der Waals surface area contributed by atoms with Crippen LogP contribution in [-0.2, 0) is 9.53 Å². The van der Waals surface area contributed by atoms with Crippen molar-refractivity contribution < 1.29 is 35.1 Å². The average molecular weight is 279 g/mol. The first-order valence-electron chi connectivity index (χ1n) is 6.19. The highest BCUT2D eigenvalue weighted by atomic mass is 16.5. The largest absolute Gasteiger partial charge is 0.396 e. The van der Waals surface area contributed by atoms with Gasteiger partial charge in [0.15, 0.2) is 0 Å². The van der Waals surface area contributed by atoms with E-state index in [1.165, 1.54) is 0 Å². The smallest absolute Gasteiger partial charge is 0.220 e. The summed E-state index contributed by atoms with van der Waals surface area (Å²) in [7, 11) is 0. The number of amides is 1. The van der Waals surface area contributed by atoms with E-state index in [0.717, 1.165) is 0 Å². The van der Waals surface area contributed by atoms with Gasteiger partial charge in [0.05, 0.1) is 6.61 Å². The van der Waals surface area contributed by atoms with Crippen LogP contribution in [0.3, 0.4) is 0 Å². The van der Waals surface area contributed by atoms with Crippen LogP contribution in [0.5, 0.6) is 0 Å². The second-order valence-electron chi connectivity index (χ2n) is 4.50. The van der Waals surface area contributed by atoms with Crippen molar-refractivity contribution in [3.05, 3.63) is 0 Å². The molecule has 1 aliphatic heterocycles. The van der Waals surface area contributed by atoms with E-state index in [9.17, 15) is 20.1 Å². The molecule has 0 aromatic rings. The van der Waals surface area contributed by atoms with Gasteiger partial charge in [-0.05, 0) is 6.42 Å². The molecule has 8 nitrogen and oxygen atoms in total. The molecule has 0 aromatic heterocycles. The van der Waals surface area contributed by atoms with Crippen molar-refractivity contribution in [2.45, 2.75) is 43.4 Å². The van der Waals surface area contributed by atoms with E-state index in [0.29, 0.717) is 6.42 Å². The molecule has 0 aromatic carbocycles. The Balaban J connectivity index is 2.46.